The summed E-state index contributed by atoms with van der Waals surface area (Å²) < 4.78 is 0. The Bertz CT molecular complexity index is 1530. The number of aliphatic hydroxyl groups excluding tert-OH is 1. The van der Waals surface area contributed by atoms with Gasteiger partial charge in [0.05, 0.1) is 5.76 Å². The van der Waals surface area contributed by atoms with Crippen LogP contribution in [-0.4, -0.2) is 15.9 Å². The van der Waals surface area contributed by atoms with Gasteiger partial charge >= 0.3 is 0 Å². The topological polar surface area (TPSA) is 50.2 Å². The minimum absolute atomic E-state index is 0. The van der Waals surface area contributed by atoms with Crippen molar-refractivity contribution in [2.45, 2.75) is 67.2 Å². The van der Waals surface area contributed by atoms with E-state index in [9.17, 15) is 9.90 Å². The first-order valence-corrected chi connectivity index (χ1v) is 14.0. The van der Waals surface area contributed by atoms with E-state index in [1.54, 1.807) is 0 Å². The van der Waals surface area contributed by atoms with Crippen molar-refractivity contribution in [1.82, 2.24) is 4.98 Å². The van der Waals surface area contributed by atoms with Crippen molar-refractivity contribution in [2.24, 2.45) is 11.8 Å². The van der Waals surface area contributed by atoms with Gasteiger partial charge in [-0.25, -0.2) is 0 Å². The van der Waals surface area contributed by atoms with Crippen LogP contribution in [0.4, 0.5) is 0 Å². The summed E-state index contributed by atoms with van der Waals surface area (Å²) in [5.74, 6) is 1.45. The van der Waals surface area contributed by atoms with Crippen LogP contribution < -0.4 is 0 Å². The van der Waals surface area contributed by atoms with Gasteiger partial charge in [0, 0.05) is 45.2 Å². The molecule has 0 spiro atoms. The van der Waals surface area contributed by atoms with Crippen LogP contribution in [0.3, 0.4) is 0 Å². The minimum Gasteiger partial charge on any atom is -0.512 e. The van der Waals surface area contributed by atoms with Gasteiger partial charge in [-0.05, 0) is 52.4 Å². The molecule has 3 aromatic carbocycles. The number of benzene rings is 3. The molecular formula is C36H40IrNO2-. The molecule has 5 rings (SSSR count). The zero-order valence-corrected chi connectivity index (χ0v) is 27.0. The fraction of sp³-hybridized carbons (Fsp3) is 0.333. The predicted octanol–water partition coefficient (Wildman–Crippen LogP) is 9.87. The van der Waals surface area contributed by atoms with Gasteiger partial charge in [0.1, 0.15) is 0 Å². The molecule has 0 atom stereocenters. The standard InChI is InChI=1S/C25H20N.C11H20O2.Ir/c1-15(2)18-8-10-21-23(14-18)22-13-16(3)7-9-19(22)20-6-4-5-17-11-12-26-25(21)24(17)20;1-8(2)5-10(12)7-11(13)6-9(3)4;/h4-9,11-15H,1-3H3;7-9,12H,5-6H2,1-4H3;/q-1;;/b;10-7-;. The van der Waals surface area contributed by atoms with E-state index in [-0.39, 0.29) is 31.6 Å². The van der Waals surface area contributed by atoms with Crippen LogP contribution in [0.25, 0.3) is 44.3 Å². The molecule has 1 radical (unpaired) electrons. The van der Waals surface area contributed by atoms with E-state index in [0.29, 0.717) is 30.6 Å². The summed E-state index contributed by atoms with van der Waals surface area (Å²) in [5.41, 5.74) is 9.80. The Morgan fingerprint density at radius 1 is 0.900 bits per heavy atom. The molecule has 1 N–H and O–H groups in total. The Morgan fingerprint density at radius 3 is 2.30 bits per heavy atom. The molecule has 0 bridgehead atoms. The molecule has 4 heteroatoms. The summed E-state index contributed by atoms with van der Waals surface area (Å²) in [4.78, 5) is 16.0. The number of ketones is 1. The van der Waals surface area contributed by atoms with E-state index >= 15 is 0 Å². The van der Waals surface area contributed by atoms with E-state index < -0.39 is 0 Å². The Kier molecular flexibility index (Phi) is 10.6. The van der Waals surface area contributed by atoms with Gasteiger partial charge in [-0.15, -0.1) is 29.3 Å². The molecule has 0 saturated heterocycles. The number of pyridine rings is 1. The number of carbonyl (C=O) groups is 1. The first-order valence-electron chi connectivity index (χ1n) is 14.0. The fourth-order valence-corrected chi connectivity index (χ4v) is 5.14. The Labute approximate surface area is 253 Å². The van der Waals surface area contributed by atoms with Crippen LogP contribution >= 0.6 is 0 Å². The maximum Gasteiger partial charge on any atom is 0.159 e. The second-order valence-electron chi connectivity index (χ2n) is 11.8. The molecular weight excluding hydrogens is 671 g/mol. The van der Waals surface area contributed by atoms with Crippen molar-refractivity contribution < 1.29 is 30.0 Å². The first kappa shape index (κ1) is 31.5. The summed E-state index contributed by atoms with van der Waals surface area (Å²) in [7, 11) is 0. The second kappa shape index (κ2) is 13.5. The average Bonchev–Trinajstić information content (AvgIpc) is 2.97. The number of hydrogen-bond donors (Lipinski definition) is 1. The van der Waals surface area contributed by atoms with Gasteiger partial charge in [-0.3, -0.25) is 4.79 Å². The van der Waals surface area contributed by atoms with Crippen LogP contribution in [0.1, 0.15) is 71.4 Å². The molecule has 211 valence electrons. The van der Waals surface area contributed by atoms with Crippen LogP contribution in [0.5, 0.6) is 0 Å². The van der Waals surface area contributed by atoms with Gasteiger partial charge in [0.15, 0.2) is 5.78 Å². The summed E-state index contributed by atoms with van der Waals surface area (Å²) in [6.45, 7) is 14.6. The summed E-state index contributed by atoms with van der Waals surface area (Å²) in [6.07, 6.45) is 4.38. The number of rotatable bonds is 6. The van der Waals surface area contributed by atoms with E-state index in [1.807, 2.05) is 33.9 Å². The monoisotopic (exact) mass is 711 g/mol. The van der Waals surface area contributed by atoms with Crippen molar-refractivity contribution >= 4 is 16.6 Å². The van der Waals surface area contributed by atoms with Gasteiger partial charge < -0.3 is 10.1 Å². The number of carbonyl (C=O) groups excluding carboxylic acids is 1. The van der Waals surface area contributed by atoms with E-state index in [0.717, 1.165) is 11.3 Å². The number of aliphatic hydroxyl groups is 1. The fourth-order valence-electron chi connectivity index (χ4n) is 5.14. The molecule has 3 nitrogen and oxygen atoms in total. The Hall–Kier alpha value is -3.07. The normalized spacial score (nSPS) is 11.9. The SMILES string of the molecule is CC(C)CC(=O)/C=C(\O)CC(C)C.Cc1ccc2c(c1)-c1cc(C(C)C)c[c-]c1-c1nccc3cccc-2c13.[Ir]. The smallest absolute Gasteiger partial charge is 0.159 e. The molecule has 1 aromatic heterocycles. The average molecular weight is 711 g/mol. The van der Waals surface area contributed by atoms with Crippen LogP contribution in [0.2, 0.25) is 0 Å². The Balaban J connectivity index is 0.000000272. The Morgan fingerprint density at radius 2 is 1.62 bits per heavy atom. The van der Waals surface area contributed by atoms with Gasteiger partial charge in [0.25, 0.3) is 0 Å². The third-order valence-electron chi connectivity index (χ3n) is 6.97. The molecule has 0 amide bonds. The largest absolute Gasteiger partial charge is 0.512 e. The minimum atomic E-state index is 0. The number of fused-ring (bicyclic) bond motifs is 5. The van der Waals surface area contributed by atoms with Crippen LogP contribution in [0.15, 0.2) is 72.6 Å². The number of aryl methyl sites for hydroxylation is 1. The number of nitrogens with zero attached hydrogens (tertiary/aromatic N) is 1. The molecule has 1 aliphatic rings. The number of aromatic nitrogens is 1. The van der Waals surface area contributed by atoms with Crippen molar-refractivity contribution in [3.8, 4) is 33.5 Å². The van der Waals surface area contributed by atoms with Crippen LogP contribution in [-0.2, 0) is 24.9 Å². The molecule has 0 fully saturated rings. The molecule has 0 saturated carbocycles. The summed E-state index contributed by atoms with van der Waals surface area (Å²) in [6, 6.07) is 23.4. The number of hydrogen-bond acceptors (Lipinski definition) is 3. The van der Waals surface area contributed by atoms with Gasteiger partial charge in [0.2, 0.25) is 0 Å². The molecule has 0 unspecified atom stereocenters. The maximum absolute atomic E-state index is 11.2. The molecule has 40 heavy (non-hydrogen) atoms. The number of allylic oxidation sites excluding steroid dienone is 2. The quantitative estimate of drug-likeness (QED) is 0.108. The van der Waals surface area contributed by atoms with E-state index in [2.05, 4.69) is 81.4 Å². The first-order chi connectivity index (χ1) is 18.5. The predicted molar refractivity (Wildman–Crippen MR) is 164 cm³/mol. The summed E-state index contributed by atoms with van der Waals surface area (Å²) >= 11 is 0. The third kappa shape index (κ3) is 7.16. The van der Waals surface area contributed by atoms with Crippen molar-refractivity contribution in [3.63, 3.8) is 0 Å². The van der Waals surface area contributed by atoms with Crippen molar-refractivity contribution in [3.05, 3.63) is 89.8 Å². The molecule has 1 heterocycles. The van der Waals surface area contributed by atoms with Crippen molar-refractivity contribution in [2.75, 3.05) is 0 Å². The third-order valence-corrected chi connectivity index (χ3v) is 6.97. The second-order valence-corrected chi connectivity index (χ2v) is 11.8. The van der Waals surface area contributed by atoms with E-state index in [1.165, 1.54) is 50.2 Å². The van der Waals surface area contributed by atoms with Gasteiger partial charge in [-0.2, -0.15) is 0 Å². The summed E-state index contributed by atoms with van der Waals surface area (Å²) in [5, 5.41) is 11.8. The molecule has 4 aromatic rings. The maximum atomic E-state index is 11.2. The molecule has 0 aliphatic heterocycles. The zero-order chi connectivity index (χ0) is 28.3. The van der Waals surface area contributed by atoms with E-state index in [4.69, 9.17) is 4.98 Å². The molecule has 1 aliphatic carbocycles. The van der Waals surface area contributed by atoms with Crippen molar-refractivity contribution in [1.29, 1.82) is 0 Å². The van der Waals surface area contributed by atoms with Crippen LogP contribution in [0, 0.1) is 24.8 Å². The van der Waals surface area contributed by atoms with Gasteiger partial charge in [-0.1, -0.05) is 101 Å². The zero-order valence-electron chi connectivity index (χ0n) is 24.6.